The van der Waals surface area contributed by atoms with Crippen molar-refractivity contribution in [2.24, 2.45) is 0 Å². The van der Waals surface area contributed by atoms with Gasteiger partial charge in [0.1, 0.15) is 22.6 Å². The molecular weight excluding hydrogens is 394 g/mol. The Hall–Kier alpha value is -1.48. The molecule has 0 spiro atoms. The minimum atomic E-state index is -4.91. The summed E-state index contributed by atoms with van der Waals surface area (Å²) in [6.45, 7) is 1.97. The van der Waals surface area contributed by atoms with E-state index in [0.717, 1.165) is 22.9 Å². The second kappa shape index (κ2) is 8.27. The van der Waals surface area contributed by atoms with Gasteiger partial charge >= 0.3 is 5.51 Å². The maximum atomic E-state index is 12.6. The Morgan fingerprint density at radius 3 is 2.80 bits per heavy atom. The Labute approximate surface area is 151 Å². The fourth-order valence-corrected chi connectivity index (χ4v) is 3.65. The van der Waals surface area contributed by atoms with Gasteiger partial charge in [0.2, 0.25) is 5.88 Å². The first-order chi connectivity index (χ1) is 11.7. The molecule has 2 N–H and O–H groups in total. The lowest BCUT2D eigenvalue weighted by molar-refractivity contribution is -0.0435. The van der Waals surface area contributed by atoms with E-state index in [1.807, 2.05) is 13.0 Å². The number of aromatic hydroxyl groups is 1. The number of aromatic nitrogens is 2. The van der Waals surface area contributed by atoms with E-state index in [9.17, 15) is 22.8 Å². The summed E-state index contributed by atoms with van der Waals surface area (Å²) in [6, 6.07) is 4.53. The largest absolute Gasteiger partial charge is 0.604 e. The van der Waals surface area contributed by atoms with Crippen molar-refractivity contribution in [2.45, 2.75) is 22.2 Å². The first-order valence-corrected chi connectivity index (χ1v) is 9.49. The molecule has 5 nitrogen and oxygen atoms in total. The molecule has 25 heavy (non-hydrogen) atoms. The summed E-state index contributed by atoms with van der Waals surface area (Å²) in [5.41, 5.74) is -4.20. The van der Waals surface area contributed by atoms with Crippen LogP contribution in [0.25, 0.3) is 0 Å². The quantitative estimate of drug-likeness (QED) is 0.432. The lowest BCUT2D eigenvalue weighted by atomic mass is 10.3. The Morgan fingerprint density at radius 2 is 2.16 bits per heavy atom. The van der Waals surface area contributed by atoms with E-state index in [0.29, 0.717) is 11.1 Å². The van der Waals surface area contributed by atoms with E-state index < -0.39 is 27.5 Å². The zero-order valence-corrected chi connectivity index (χ0v) is 15.4. The second-order valence-electron chi connectivity index (χ2n) is 4.54. The fraction of sp³-hybridized carbons (Fsp3) is 0.214. The molecule has 0 saturated heterocycles. The maximum Gasteiger partial charge on any atom is 0.578 e. The number of anilines is 1. The molecule has 0 radical (unpaired) electrons. The topological polar surface area (TPSA) is 81.1 Å². The highest BCUT2D eigenvalue weighted by Crippen LogP contribution is 2.33. The zero-order chi connectivity index (χ0) is 18.6. The monoisotopic (exact) mass is 407 g/mol. The van der Waals surface area contributed by atoms with Crippen LogP contribution in [0.3, 0.4) is 0 Å². The smallest absolute Gasteiger partial charge is 0.578 e. The third-order valence-electron chi connectivity index (χ3n) is 2.83. The lowest BCUT2D eigenvalue weighted by Crippen LogP contribution is -2.23. The third kappa shape index (κ3) is 5.01. The predicted molar refractivity (Wildman–Crippen MR) is 95.0 cm³/mol. The van der Waals surface area contributed by atoms with Crippen LogP contribution in [0.1, 0.15) is 12.6 Å². The molecule has 11 heteroatoms. The average Bonchev–Trinajstić information content (AvgIpc) is 2.56. The first kappa shape index (κ1) is 19.8. The number of rotatable bonds is 6. The molecule has 0 amide bonds. The molecule has 0 bridgehead atoms. The van der Waals surface area contributed by atoms with E-state index in [4.69, 9.17) is 0 Å². The molecule has 0 aromatic carbocycles. The zero-order valence-electron chi connectivity index (χ0n) is 12.8. The Morgan fingerprint density at radius 1 is 1.44 bits per heavy atom. The van der Waals surface area contributed by atoms with Gasteiger partial charge < -0.3 is 15.0 Å². The first-order valence-electron chi connectivity index (χ1n) is 6.85. The van der Waals surface area contributed by atoms with Crippen LogP contribution in [0.5, 0.6) is 5.88 Å². The van der Waals surface area contributed by atoms with Crippen LogP contribution in [0.15, 0.2) is 40.4 Å². The number of alkyl halides is 3. The van der Waals surface area contributed by atoms with Gasteiger partial charge in [0.25, 0.3) is 0 Å². The van der Waals surface area contributed by atoms with E-state index in [2.05, 4.69) is 24.1 Å². The van der Waals surface area contributed by atoms with Crippen LogP contribution in [0, 0.1) is 0 Å². The summed E-state index contributed by atoms with van der Waals surface area (Å²) < 4.78 is 49.2. The van der Waals surface area contributed by atoms with Crippen LogP contribution in [-0.2, 0) is 11.2 Å². The summed E-state index contributed by atoms with van der Waals surface area (Å²) >= 11 is -1.72. The number of hydrogen-bond acceptors (Lipinski definition) is 5. The molecule has 0 saturated carbocycles. The van der Waals surface area contributed by atoms with Gasteiger partial charge in [-0.2, -0.15) is 0 Å². The van der Waals surface area contributed by atoms with Crippen molar-refractivity contribution < 1.29 is 22.8 Å². The highest BCUT2D eigenvalue weighted by Gasteiger charge is 2.46. The van der Waals surface area contributed by atoms with Crippen molar-refractivity contribution in [1.82, 2.24) is 9.97 Å². The van der Waals surface area contributed by atoms with Crippen molar-refractivity contribution >= 4 is 42.9 Å². The third-order valence-corrected chi connectivity index (χ3v) is 5.20. The molecule has 1 unspecified atom stereocenters. The van der Waals surface area contributed by atoms with Gasteiger partial charge in [-0.05, 0) is 17.9 Å². The number of pyridine rings is 2. The number of halogens is 3. The van der Waals surface area contributed by atoms with Crippen molar-refractivity contribution in [2.75, 3.05) is 11.1 Å². The van der Waals surface area contributed by atoms with E-state index in [-0.39, 0.29) is 5.69 Å². The summed E-state index contributed by atoms with van der Waals surface area (Å²) in [6.07, 6.45) is 2.28. The number of hydrogen-bond donors (Lipinski definition) is 2. The molecule has 134 valence electrons. The summed E-state index contributed by atoms with van der Waals surface area (Å²) in [7, 11) is 3.33. The van der Waals surface area contributed by atoms with Gasteiger partial charge in [-0.1, -0.05) is 15.8 Å². The normalized spacial score (nSPS) is 12.7. The molecule has 1 atom stereocenters. The Balaban J connectivity index is 2.30. The molecule has 2 rings (SSSR count). The number of thioether (sulfide) groups is 1. The summed E-state index contributed by atoms with van der Waals surface area (Å²) in [5, 5.41) is 12.5. The lowest BCUT2D eigenvalue weighted by Gasteiger charge is -2.15. The van der Waals surface area contributed by atoms with Crippen molar-refractivity contribution in [3.05, 3.63) is 36.3 Å². The minimum Gasteiger partial charge on any atom is -0.604 e. The fourth-order valence-electron chi connectivity index (χ4n) is 1.81. The van der Waals surface area contributed by atoms with Crippen LogP contribution < -0.4 is 5.32 Å². The maximum absolute atomic E-state index is 12.6. The predicted octanol–water partition coefficient (Wildman–Crippen LogP) is 3.65. The van der Waals surface area contributed by atoms with E-state index in [1.54, 1.807) is 12.3 Å². The highest BCUT2D eigenvalue weighted by atomic mass is 32.2. The second-order valence-corrected chi connectivity index (χ2v) is 7.82. The molecule has 0 aliphatic heterocycles. The van der Waals surface area contributed by atoms with Crippen LogP contribution in [0.4, 0.5) is 18.9 Å². The van der Waals surface area contributed by atoms with Crippen LogP contribution in [0.2, 0.25) is 0 Å². The van der Waals surface area contributed by atoms with E-state index >= 15 is 0 Å². The van der Waals surface area contributed by atoms with E-state index in [1.165, 1.54) is 11.8 Å². The minimum absolute atomic E-state index is 0.127. The van der Waals surface area contributed by atoms with Gasteiger partial charge in [0.15, 0.2) is 4.90 Å². The summed E-state index contributed by atoms with van der Waals surface area (Å²) in [4.78, 5) is 7.93. The van der Waals surface area contributed by atoms with Crippen molar-refractivity contribution in [3.63, 3.8) is 0 Å². The number of nitrogens with zero attached hydrogens (tertiary/aromatic N) is 2. The standard InChI is InChI=1S/C14H13F3N3O2PS2/c1-2-24-10-4-3-5-18-11(10)13(23)20-9-6-8(7-19-12(9)21)25(22)14(15,16)17/h3-7,20,23H,2H2,1H3,(H,19,21). The molecular formula is C14H13F3N3O2PS2. The average molecular weight is 407 g/mol. The van der Waals surface area contributed by atoms with Crippen molar-refractivity contribution in [3.8, 4) is 5.88 Å². The van der Waals surface area contributed by atoms with Crippen molar-refractivity contribution in [1.29, 1.82) is 0 Å². The molecule has 0 aliphatic carbocycles. The molecule has 2 aromatic heterocycles. The van der Waals surface area contributed by atoms with Gasteiger partial charge in [-0.25, -0.2) is 4.98 Å². The Kier molecular flexibility index (Phi) is 6.56. The molecule has 0 fully saturated rings. The molecule has 2 aromatic rings. The number of nitrogens with one attached hydrogen (secondary N) is 1. The van der Waals surface area contributed by atoms with Crippen LogP contribution >= 0.6 is 20.6 Å². The van der Waals surface area contributed by atoms with Gasteiger partial charge in [-0.15, -0.1) is 24.9 Å². The van der Waals surface area contributed by atoms with Gasteiger partial charge in [0.05, 0.1) is 11.6 Å². The highest BCUT2D eigenvalue weighted by molar-refractivity contribution is 7.99. The molecule has 2 heterocycles. The Bertz CT molecular complexity index is 777. The van der Waals surface area contributed by atoms with Gasteiger partial charge in [-0.3, -0.25) is 4.98 Å². The van der Waals surface area contributed by atoms with Gasteiger partial charge in [0, 0.05) is 17.2 Å². The van der Waals surface area contributed by atoms with Crippen LogP contribution in [-0.4, -0.2) is 36.3 Å². The molecule has 0 aliphatic rings. The SMILES string of the molecule is CCSc1cccnc1C(=P)Nc1cc([S+]([O-])C(F)(F)F)cnc1O. The summed E-state index contributed by atoms with van der Waals surface area (Å²) in [5.74, 6) is 0.268.